The minimum atomic E-state index is -0.487. The SMILES string of the molecule is O=C(OCc1cn2cc(Cl)ccc2n1)c1ccc(NC(=O)c2ccco2)cc1. The summed E-state index contributed by atoms with van der Waals surface area (Å²) in [5.41, 5.74) is 2.23. The Kier molecular flexibility index (Phi) is 4.82. The van der Waals surface area contributed by atoms with E-state index in [0.29, 0.717) is 27.6 Å². The topological polar surface area (TPSA) is 85.8 Å². The molecule has 1 amide bonds. The smallest absolute Gasteiger partial charge is 0.338 e. The largest absolute Gasteiger partial charge is 0.459 e. The van der Waals surface area contributed by atoms with Crippen molar-refractivity contribution >= 4 is 34.8 Å². The number of amides is 1. The number of nitrogens with zero attached hydrogens (tertiary/aromatic N) is 2. The van der Waals surface area contributed by atoms with Crippen LogP contribution >= 0.6 is 11.6 Å². The molecule has 1 N–H and O–H groups in total. The first-order chi connectivity index (χ1) is 13.6. The van der Waals surface area contributed by atoms with Gasteiger partial charge in [-0.2, -0.15) is 0 Å². The molecular weight excluding hydrogens is 382 g/mol. The highest BCUT2D eigenvalue weighted by atomic mass is 35.5. The Bertz CT molecular complexity index is 1130. The molecule has 0 saturated heterocycles. The predicted octanol–water partition coefficient (Wildman–Crippen LogP) is 4.19. The second-order valence-electron chi connectivity index (χ2n) is 5.93. The van der Waals surface area contributed by atoms with Crippen LogP contribution in [0.2, 0.25) is 5.02 Å². The highest BCUT2D eigenvalue weighted by molar-refractivity contribution is 6.30. The summed E-state index contributed by atoms with van der Waals surface area (Å²) in [6, 6.07) is 13.1. The number of rotatable bonds is 5. The number of halogens is 1. The molecule has 0 bridgehead atoms. The van der Waals surface area contributed by atoms with Crippen molar-refractivity contribution in [2.75, 3.05) is 5.32 Å². The molecule has 0 saturated carbocycles. The van der Waals surface area contributed by atoms with Crippen LogP contribution in [-0.4, -0.2) is 21.3 Å². The number of fused-ring (bicyclic) bond motifs is 1. The van der Waals surface area contributed by atoms with Gasteiger partial charge in [-0.05, 0) is 48.5 Å². The van der Waals surface area contributed by atoms with Gasteiger partial charge >= 0.3 is 5.97 Å². The first-order valence-electron chi connectivity index (χ1n) is 8.34. The number of aromatic nitrogens is 2. The summed E-state index contributed by atoms with van der Waals surface area (Å²) >= 11 is 5.94. The van der Waals surface area contributed by atoms with Gasteiger partial charge in [0, 0.05) is 18.1 Å². The lowest BCUT2D eigenvalue weighted by Gasteiger charge is -2.05. The van der Waals surface area contributed by atoms with Crippen LogP contribution < -0.4 is 5.32 Å². The molecule has 0 fully saturated rings. The van der Waals surface area contributed by atoms with Gasteiger partial charge in [0.05, 0.1) is 22.5 Å². The zero-order valence-corrected chi connectivity index (χ0v) is 15.2. The quantitative estimate of drug-likeness (QED) is 0.512. The summed E-state index contributed by atoms with van der Waals surface area (Å²) in [5.74, 6) is -0.650. The molecule has 4 rings (SSSR count). The summed E-state index contributed by atoms with van der Waals surface area (Å²) in [5, 5.41) is 3.27. The molecule has 4 aromatic rings. The van der Waals surface area contributed by atoms with Crippen molar-refractivity contribution in [3.63, 3.8) is 0 Å². The van der Waals surface area contributed by atoms with E-state index < -0.39 is 5.97 Å². The molecule has 3 aromatic heterocycles. The lowest BCUT2D eigenvalue weighted by Crippen LogP contribution is -2.11. The van der Waals surface area contributed by atoms with E-state index >= 15 is 0 Å². The summed E-state index contributed by atoms with van der Waals surface area (Å²) in [4.78, 5) is 28.5. The number of ether oxygens (including phenoxy) is 1. The average molecular weight is 396 g/mol. The van der Waals surface area contributed by atoms with Gasteiger partial charge in [-0.1, -0.05) is 11.6 Å². The van der Waals surface area contributed by atoms with Gasteiger partial charge in [0.25, 0.3) is 5.91 Å². The summed E-state index contributed by atoms with van der Waals surface area (Å²) in [6.45, 7) is 0.0368. The molecule has 0 atom stereocenters. The van der Waals surface area contributed by atoms with Crippen LogP contribution in [0.15, 0.2) is 71.6 Å². The van der Waals surface area contributed by atoms with Gasteiger partial charge in [0.2, 0.25) is 0 Å². The Morgan fingerprint density at radius 1 is 1.11 bits per heavy atom. The molecule has 8 heteroatoms. The maximum Gasteiger partial charge on any atom is 0.338 e. The standard InChI is InChI=1S/C20H14ClN3O4/c21-14-5-8-18-22-16(11-24(18)10-14)12-28-20(26)13-3-6-15(7-4-13)23-19(25)17-2-1-9-27-17/h1-11H,12H2,(H,23,25). The molecule has 0 aliphatic heterocycles. The summed E-state index contributed by atoms with van der Waals surface area (Å²) in [6.07, 6.45) is 4.90. The van der Waals surface area contributed by atoms with Crippen LogP contribution in [0.1, 0.15) is 26.6 Å². The molecule has 0 radical (unpaired) electrons. The van der Waals surface area contributed by atoms with E-state index in [1.807, 2.05) is 0 Å². The highest BCUT2D eigenvalue weighted by Gasteiger charge is 2.12. The van der Waals surface area contributed by atoms with E-state index in [0.717, 1.165) is 0 Å². The number of esters is 1. The number of benzene rings is 1. The minimum Gasteiger partial charge on any atom is -0.459 e. The van der Waals surface area contributed by atoms with Gasteiger partial charge in [0.15, 0.2) is 5.76 Å². The monoisotopic (exact) mass is 395 g/mol. The van der Waals surface area contributed by atoms with Crippen molar-refractivity contribution < 1.29 is 18.7 Å². The van der Waals surface area contributed by atoms with Crippen molar-refractivity contribution in [3.05, 3.63) is 89.2 Å². The first kappa shape index (κ1) is 17.8. The zero-order chi connectivity index (χ0) is 19.5. The third-order valence-corrected chi connectivity index (χ3v) is 4.16. The molecule has 0 unspecified atom stereocenters. The van der Waals surface area contributed by atoms with Gasteiger partial charge in [-0.25, -0.2) is 9.78 Å². The number of nitrogens with one attached hydrogen (secondary N) is 1. The first-order valence-corrected chi connectivity index (χ1v) is 8.71. The molecule has 140 valence electrons. The molecular formula is C20H14ClN3O4. The van der Waals surface area contributed by atoms with Gasteiger partial charge in [0.1, 0.15) is 12.3 Å². The van der Waals surface area contributed by atoms with Crippen LogP contribution in [-0.2, 0) is 11.3 Å². The van der Waals surface area contributed by atoms with E-state index in [1.165, 1.54) is 6.26 Å². The molecule has 0 spiro atoms. The fourth-order valence-electron chi connectivity index (χ4n) is 2.60. The number of pyridine rings is 1. The maximum atomic E-state index is 12.2. The molecule has 0 aliphatic carbocycles. The Balaban J connectivity index is 1.37. The molecule has 1 aromatic carbocycles. The maximum absolute atomic E-state index is 12.2. The zero-order valence-electron chi connectivity index (χ0n) is 14.5. The van der Waals surface area contributed by atoms with Crippen molar-refractivity contribution in [2.24, 2.45) is 0 Å². The lowest BCUT2D eigenvalue weighted by molar-refractivity contribution is 0.0468. The number of hydrogen-bond donors (Lipinski definition) is 1. The Labute approximate surface area is 164 Å². The second kappa shape index (κ2) is 7.58. The van der Waals surface area contributed by atoms with Crippen LogP contribution in [0.5, 0.6) is 0 Å². The number of imidazole rings is 1. The van der Waals surface area contributed by atoms with Gasteiger partial charge in [-0.15, -0.1) is 0 Å². The summed E-state index contributed by atoms with van der Waals surface area (Å²) < 4.78 is 12.1. The van der Waals surface area contributed by atoms with E-state index in [2.05, 4.69) is 10.3 Å². The predicted molar refractivity (Wildman–Crippen MR) is 102 cm³/mol. The number of carbonyl (C=O) groups excluding carboxylic acids is 2. The fraction of sp³-hybridized carbons (Fsp3) is 0.0500. The number of furan rings is 1. The van der Waals surface area contributed by atoms with E-state index in [1.54, 1.807) is 65.3 Å². The Morgan fingerprint density at radius 3 is 2.68 bits per heavy atom. The second-order valence-corrected chi connectivity index (χ2v) is 6.37. The molecule has 3 heterocycles. The fourth-order valence-corrected chi connectivity index (χ4v) is 2.77. The normalized spacial score (nSPS) is 10.8. The van der Waals surface area contributed by atoms with Gasteiger partial charge in [-0.3, -0.25) is 4.79 Å². The Morgan fingerprint density at radius 2 is 1.93 bits per heavy atom. The van der Waals surface area contributed by atoms with Crippen molar-refractivity contribution in [1.82, 2.24) is 9.38 Å². The van der Waals surface area contributed by atoms with Crippen LogP contribution in [0.4, 0.5) is 5.69 Å². The third kappa shape index (κ3) is 3.89. The van der Waals surface area contributed by atoms with E-state index in [9.17, 15) is 9.59 Å². The Hall–Kier alpha value is -3.58. The van der Waals surface area contributed by atoms with Crippen LogP contribution in [0.3, 0.4) is 0 Å². The van der Waals surface area contributed by atoms with Crippen molar-refractivity contribution in [1.29, 1.82) is 0 Å². The number of carbonyl (C=O) groups is 2. The van der Waals surface area contributed by atoms with E-state index in [-0.39, 0.29) is 18.3 Å². The van der Waals surface area contributed by atoms with E-state index in [4.69, 9.17) is 20.8 Å². The van der Waals surface area contributed by atoms with Crippen LogP contribution in [0, 0.1) is 0 Å². The van der Waals surface area contributed by atoms with Gasteiger partial charge < -0.3 is 18.9 Å². The number of anilines is 1. The average Bonchev–Trinajstić information content (AvgIpc) is 3.36. The van der Waals surface area contributed by atoms with Crippen molar-refractivity contribution in [2.45, 2.75) is 6.61 Å². The minimum absolute atomic E-state index is 0.0368. The van der Waals surface area contributed by atoms with Crippen molar-refractivity contribution in [3.8, 4) is 0 Å². The number of hydrogen-bond acceptors (Lipinski definition) is 5. The third-order valence-electron chi connectivity index (χ3n) is 3.94. The lowest BCUT2D eigenvalue weighted by atomic mass is 10.2. The van der Waals surface area contributed by atoms with Crippen LogP contribution in [0.25, 0.3) is 5.65 Å². The summed E-state index contributed by atoms with van der Waals surface area (Å²) in [7, 11) is 0. The molecule has 28 heavy (non-hydrogen) atoms. The molecule has 7 nitrogen and oxygen atoms in total. The molecule has 0 aliphatic rings. The highest BCUT2D eigenvalue weighted by Crippen LogP contribution is 2.15.